The van der Waals surface area contributed by atoms with Gasteiger partial charge in [0.05, 0.1) is 43.8 Å². The number of carbonyl (C=O) groups is 3. The van der Waals surface area contributed by atoms with Crippen LogP contribution in [0, 0.1) is 11.8 Å². The molecule has 3 unspecified atom stereocenters. The molecular weight excluding hydrogens is 544 g/mol. The number of halogens is 1. The number of aliphatic hydroxyl groups excluding tert-OH is 1. The summed E-state index contributed by atoms with van der Waals surface area (Å²) in [6, 6.07) is -1.55. The first-order valence-electron chi connectivity index (χ1n) is 13.0. The standard InChI is InChI=1S/C26H39BrN4O6/c1-5-7-28(4)23(33)19-20-24(34)31(17(3)16-32)22(26(20)15-18(27)21(19)37-26)25(35)30(8-6-2)10-9-29-11-13-36-14-12-29/h5-6,17-22,32H,1-2,7-16H2,3-4H3/t17-,18?,19+,20+,21+,22?,26?/m1/s1. The summed E-state index contributed by atoms with van der Waals surface area (Å²) in [5.41, 5.74) is -1.15. The number of hydrogen-bond acceptors (Lipinski definition) is 7. The van der Waals surface area contributed by atoms with Gasteiger partial charge in [0.15, 0.2) is 0 Å². The van der Waals surface area contributed by atoms with Gasteiger partial charge in [-0.15, -0.1) is 13.2 Å². The molecule has 4 fully saturated rings. The lowest BCUT2D eigenvalue weighted by Crippen LogP contribution is -2.59. The van der Waals surface area contributed by atoms with E-state index in [1.165, 1.54) is 4.90 Å². The second kappa shape index (κ2) is 11.5. The van der Waals surface area contributed by atoms with E-state index in [4.69, 9.17) is 9.47 Å². The van der Waals surface area contributed by atoms with Crippen molar-refractivity contribution < 1.29 is 29.0 Å². The van der Waals surface area contributed by atoms with E-state index in [0.717, 1.165) is 13.1 Å². The van der Waals surface area contributed by atoms with Gasteiger partial charge in [-0.05, 0) is 13.3 Å². The number of likely N-dealkylation sites (N-methyl/N-ethyl adjacent to an activating group) is 1. The van der Waals surface area contributed by atoms with Crippen molar-refractivity contribution >= 4 is 33.7 Å². The smallest absolute Gasteiger partial charge is 0.248 e. The summed E-state index contributed by atoms with van der Waals surface area (Å²) in [6.07, 6.45) is 3.23. The van der Waals surface area contributed by atoms with Crippen LogP contribution in [0.15, 0.2) is 25.3 Å². The average molecular weight is 584 g/mol. The highest BCUT2D eigenvalue weighted by molar-refractivity contribution is 9.09. The highest BCUT2D eigenvalue weighted by atomic mass is 79.9. The largest absolute Gasteiger partial charge is 0.394 e. The zero-order valence-corrected chi connectivity index (χ0v) is 23.3. The molecule has 37 heavy (non-hydrogen) atoms. The third-order valence-electron chi connectivity index (χ3n) is 8.22. The molecule has 7 atom stereocenters. The maximum atomic E-state index is 14.3. The van der Waals surface area contributed by atoms with Gasteiger partial charge < -0.3 is 29.3 Å². The third kappa shape index (κ3) is 4.89. The number of hydrogen-bond donors (Lipinski definition) is 1. The van der Waals surface area contributed by atoms with Crippen LogP contribution in [0.2, 0.25) is 0 Å². The summed E-state index contributed by atoms with van der Waals surface area (Å²) in [5, 5.41) is 10.1. The fraction of sp³-hybridized carbons (Fsp3) is 0.731. The SMILES string of the molecule is C=CCN(C)C(=O)[C@H]1[C@H]2C(=O)N([C@H](C)CO)C(C(=O)N(CC=C)CCN3CCOCC3)C23CC(Br)[C@@H]1O3. The minimum Gasteiger partial charge on any atom is -0.394 e. The topological polar surface area (TPSA) is 103 Å². The van der Waals surface area contributed by atoms with E-state index in [9.17, 15) is 19.5 Å². The first kappa shape index (κ1) is 28.2. The van der Waals surface area contributed by atoms with Gasteiger partial charge in [0.2, 0.25) is 17.7 Å². The van der Waals surface area contributed by atoms with Crippen molar-refractivity contribution in [3.63, 3.8) is 0 Å². The van der Waals surface area contributed by atoms with Gasteiger partial charge in [0, 0.05) is 51.1 Å². The normalized spacial score (nSPS) is 33.8. The Hall–Kier alpha value is -1.79. The molecule has 0 radical (unpaired) electrons. The predicted molar refractivity (Wildman–Crippen MR) is 141 cm³/mol. The number of likely N-dealkylation sites (tertiary alicyclic amines) is 1. The van der Waals surface area contributed by atoms with E-state index < -0.39 is 35.6 Å². The van der Waals surface area contributed by atoms with E-state index in [-0.39, 0.29) is 29.2 Å². The number of carbonyl (C=O) groups excluding carboxylic acids is 3. The van der Waals surface area contributed by atoms with Crippen molar-refractivity contribution in [3.8, 4) is 0 Å². The molecule has 0 aliphatic carbocycles. The van der Waals surface area contributed by atoms with Gasteiger partial charge >= 0.3 is 0 Å². The van der Waals surface area contributed by atoms with E-state index in [1.807, 2.05) is 0 Å². The van der Waals surface area contributed by atoms with Crippen LogP contribution in [0.3, 0.4) is 0 Å². The monoisotopic (exact) mass is 582 g/mol. The summed E-state index contributed by atoms with van der Waals surface area (Å²) in [4.78, 5) is 48.6. The Balaban J connectivity index is 1.67. The van der Waals surface area contributed by atoms with Crippen molar-refractivity contribution in [2.75, 3.05) is 66.1 Å². The quantitative estimate of drug-likeness (QED) is 0.272. The van der Waals surface area contributed by atoms with Crippen LogP contribution in [-0.2, 0) is 23.9 Å². The highest BCUT2D eigenvalue weighted by Crippen LogP contribution is 2.60. The molecule has 206 valence electrons. The van der Waals surface area contributed by atoms with Crippen LogP contribution in [0.25, 0.3) is 0 Å². The average Bonchev–Trinajstić information content (AvgIpc) is 3.49. The lowest BCUT2D eigenvalue weighted by molar-refractivity contribution is -0.151. The summed E-state index contributed by atoms with van der Waals surface area (Å²) in [5.74, 6) is -2.26. The van der Waals surface area contributed by atoms with Gasteiger partial charge in [-0.25, -0.2) is 0 Å². The number of rotatable bonds is 11. The molecule has 4 aliphatic rings. The fourth-order valence-corrected chi connectivity index (χ4v) is 7.38. The lowest BCUT2D eigenvalue weighted by Gasteiger charge is -2.39. The number of morpholine rings is 1. The molecule has 4 saturated heterocycles. The minimum atomic E-state index is -1.15. The summed E-state index contributed by atoms with van der Waals surface area (Å²) in [6.45, 7) is 13.7. The van der Waals surface area contributed by atoms with Crippen molar-refractivity contribution in [2.45, 2.75) is 42.0 Å². The van der Waals surface area contributed by atoms with Crippen LogP contribution >= 0.6 is 15.9 Å². The first-order chi connectivity index (χ1) is 17.7. The second-order valence-electron chi connectivity index (χ2n) is 10.5. The number of aliphatic hydroxyl groups is 1. The van der Waals surface area contributed by atoms with E-state index >= 15 is 0 Å². The molecule has 3 amide bonds. The van der Waals surface area contributed by atoms with Gasteiger partial charge in [0.1, 0.15) is 11.6 Å². The number of amides is 3. The fourth-order valence-electron chi connectivity index (χ4n) is 6.44. The maximum Gasteiger partial charge on any atom is 0.248 e. The summed E-state index contributed by atoms with van der Waals surface area (Å²) in [7, 11) is 1.68. The Morgan fingerprint density at radius 1 is 1.24 bits per heavy atom. The van der Waals surface area contributed by atoms with Crippen LogP contribution < -0.4 is 0 Å². The number of alkyl halides is 1. The molecular formula is C26H39BrN4O6. The zero-order chi connectivity index (χ0) is 26.9. The Labute approximate surface area is 227 Å². The molecule has 4 heterocycles. The van der Waals surface area contributed by atoms with Crippen LogP contribution in [-0.4, -0.2) is 137 Å². The van der Waals surface area contributed by atoms with Gasteiger partial charge in [-0.2, -0.15) is 0 Å². The Morgan fingerprint density at radius 2 is 1.92 bits per heavy atom. The molecule has 1 N–H and O–H groups in total. The number of ether oxygens (including phenoxy) is 2. The van der Waals surface area contributed by atoms with Crippen LogP contribution in [0.1, 0.15) is 13.3 Å². The van der Waals surface area contributed by atoms with E-state index in [2.05, 4.69) is 34.0 Å². The molecule has 4 rings (SSSR count). The Bertz CT molecular complexity index is 913. The molecule has 0 aromatic rings. The highest BCUT2D eigenvalue weighted by Gasteiger charge is 2.77. The summed E-state index contributed by atoms with van der Waals surface area (Å²) < 4.78 is 12.0. The summed E-state index contributed by atoms with van der Waals surface area (Å²) >= 11 is 3.69. The second-order valence-corrected chi connectivity index (χ2v) is 11.7. The molecule has 0 aromatic carbocycles. The maximum absolute atomic E-state index is 14.3. The van der Waals surface area contributed by atoms with Crippen molar-refractivity contribution in [2.24, 2.45) is 11.8 Å². The van der Waals surface area contributed by atoms with Crippen LogP contribution in [0.4, 0.5) is 0 Å². The zero-order valence-electron chi connectivity index (χ0n) is 21.8. The molecule has 10 nitrogen and oxygen atoms in total. The molecule has 4 aliphatic heterocycles. The van der Waals surface area contributed by atoms with E-state index in [0.29, 0.717) is 45.8 Å². The number of nitrogens with zero attached hydrogens (tertiary/aromatic N) is 4. The van der Waals surface area contributed by atoms with Crippen molar-refractivity contribution in [3.05, 3.63) is 25.3 Å². The Kier molecular flexibility index (Phi) is 8.79. The molecule has 1 spiro atoms. The third-order valence-corrected chi connectivity index (χ3v) is 9.06. The molecule has 11 heteroatoms. The van der Waals surface area contributed by atoms with Gasteiger partial charge in [0.25, 0.3) is 0 Å². The Morgan fingerprint density at radius 3 is 2.54 bits per heavy atom. The first-order valence-corrected chi connectivity index (χ1v) is 13.9. The van der Waals surface area contributed by atoms with Crippen molar-refractivity contribution in [1.82, 2.24) is 19.6 Å². The predicted octanol–water partition coefficient (Wildman–Crippen LogP) is 0.106. The van der Waals surface area contributed by atoms with Crippen molar-refractivity contribution in [1.29, 1.82) is 0 Å². The van der Waals surface area contributed by atoms with Gasteiger partial charge in [-0.1, -0.05) is 28.1 Å². The van der Waals surface area contributed by atoms with Crippen LogP contribution in [0.5, 0.6) is 0 Å². The molecule has 0 saturated carbocycles. The molecule has 0 aromatic heterocycles. The lowest BCUT2D eigenvalue weighted by atomic mass is 9.70. The molecule has 2 bridgehead atoms. The number of fused-ring (bicyclic) bond motifs is 1. The van der Waals surface area contributed by atoms with E-state index in [1.54, 1.807) is 35.9 Å². The minimum absolute atomic E-state index is 0.177. The van der Waals surface area contributed by atoms with Gasteiger partial charge in [-0.3, -0.25) is 19.3 Å².